The van der Waals surface area contributed by atoms with Crippen LogP contribution < -0.4 is 4.90 Å². The van der Waals surface area contributed by atoms with Gasteiger partial charge < -0.3 is 4.90 Å². The fraction of sp³-hybridized carbons (Fsp3) is 0.0159. The van der Waals surface area contributed by atoms with Crippen LogP contribution in [0.3, 0.4) is 0 Å². The van der Waals surface area contributed by atoms with Crippen molar-refractivity contribution >= 4 is 38.6 Å². The lowest BCUT2D eigenvalue weighted by Crippen LogP contribution is -2.26. The molecule has 64 heavy (non-hydrogen) atoms. The minimum atomic E-state index is -0.432. The van der Waals surface area contributed by atoms with Gasteiger partial charge in [-0.1, -0.05) is 200 Å². The second-order valence-corrected chi connectivity index (χ2v) is 17.2. The Morgan fingerprint density at radius 2 is 0.688 bits per heavy atom. The molecule has 0 atom stereocenters. The van der Waals surface area contributed by atoms with Gasteiger partial charge in [0.1, 0.15) is 0 Å². The van der Waals surface area contributed by atoms with Crippen LogP contribution in [0.5, 0.6) is 0 Å². The van der Waals surface area contributed by atoms with Gasteiger partial charge in [-0.15, -0.1) is 0 Å². The van der Waals surface area contributed by atoms with E-state index in [0.29, 0.717) is 0 Å². The molecule has 2 aliphatic carbocycles. The van der Waals surface area contributed by atoms with Crippen LogP contribution in [-0.4, -0.2) is 0 Å². The van der Waals surface area contributed by atoms with Crippen molar-refractivity contribution in [3.63, 3.8) is 0 Å². The first-order valence-corrected chi connectivity index (χ1v) is 22.2. The van der Waals surface area contributed by atoms with Crippen molar-refractivity contribution in [3.8, 4) is 55.6 Å². The highest BCUT2D eigenvalue weighted by Gasteiger charge is 2.51. The minimum absolute atomic E-state index is 0.432. The number of nitrogens with zero attached hydrogens (tertiary/aromatic N) is 1. The van der Waals surface area contributed by atoms with Gasteiger partial charge in [0.05, 0.1) is 5.41 Å². The Morgan fingerprint density at radius 1 is 0.234 bits per heavy atom. The molecule has 0 unspecified atom stereocenters. The molecule has 0 amide bonds. The topological polar surface area (TPSA) is 3.24 Å². The van der Waals surface area contributed by atoms with E-state index < -0.39 is 5.41 Å². The van der Waals surface area contributed by atoms with Crippen LogP contribution in [-0.2, 0) is 5.41 Å². The summed E-state index contributed by atoms with van der Waals surface area (Å²) < 4.78 is 0. The Morgan fingerprint density at radius 3 is 1.36 bits per heavy atom. The summed E-state index contributed by atoms with van der Waals surface area (Å²) in [4.78, 5) is 2.44. The molecule has 0 fully saturated rings. The predicted molar refractivity (Wildman–Crippen MR) is 269 cm³/mol. The van der Waals surface area contributed by atoms with Gasteiger partial charge in [-0.2, -0.15) is 0 Å². The second-order valence-electron chi connectivity index (χ2n) is 17.2. The van der Waals surface area contributed by atoms with E-state index in [1.54, 1.807) is 0 Å². The Bertz CT molecular complexity index is 3550. The van der Waals surface area contributed by atoms with E-state index in [1.165, 1.54) is 99.4 Å². The van der Waals surface area contributed by atoms with Gasteiger partial charge in [0.25, 0.3) is 0 Å². The summed E-state index contributed by atoms with van der Waals surface area (Å²) in [7, 11) is 0. The fourth-order valence-electron chi connectivity index (χ4n) is 11.0. The SMILES string of the molecule is c1cc(-c2ccc(N(c3ccc(-c4cccc5ccccc45)cc3)c3ccc4c(c3)C3(c5ccccc5-c5ccccc53)c3ccccc3-4)cc2)cc(-c2ccc3ccccc3c2)c1. The van der Waals surface area contributed by atoms with Crippen molar-refractivity contribution in [2.24, 2.45) is 0 Å². The summed E-state index contributed by atoms with van der Waals surface area (Å²) in [6, 6.07) is 92.1. The summed E-state index contributed by atoms with van der Waals surface area (Å²) in [6.45, 7) is 0. The van der Waals surface area contributed by atoms with E-state index >= 15 is 0 Å². The van der Waals surface area contributed by atoms with E-state index in [0.717, 1.165) is 17.1 Å². The monoisotopic (exact) mass is 811 g/mol. The molecular weight excluding hydrogens is 771 g/mol. The zero-order valence-electron chi connectivity index (χ0n) is 35.1. The summed E-state index contributed by atoms with van der Waals surface area (Å²) in [6.07, 6.45) is 0. The third-order valence-corrected chi connectivity index (χ3v) is 13.9. The first-order valence-electron chi connectivity index (χ1n) is 22.2. The Kier molecular flexibility index (Phi) is 8.20. The van der Waals surface area contributed by atoms with Gasteiger partial charge in [-0.3, -0.25) is 0 Å². The third-order valence-electron chi connectivity index (χ3n) is 13.9. The third kappa shape index (κ3) is 5.51. The van der Waals surface area contributed by atoms with E-state index in [-0.39, 0.29) is 0 Å². The maximum atomic E-state index is 2.48. The van der Waals surface area contributed by atoms with Gasteiger partial charge in [0.15, 0.2) is 0 Å². The van der Waals surface area contributed by atoms with Crippen LogP contribution in [0.1, 0.15) is 22.3 Å². The molecule has 11 aromatic rings. The molecule has 0 bridgehead atoms. The number of anilines is 3. The van der Waals surface area contributed by atoms with Crippen LogP contribution in [0.4, 0.5) is 17.1 Å². The van der Waals surface area contributed by atoms with E-state index in [1.807, 2.05) is 0 Å². The van der Waals surface area contributed by atoms with Crippen molar-refractivity contribution in [2.75, 3.05) is 4.90 Å². The minimum Gasteiger partial charge on any atom is -0.310 e. The fourth-order valence-corrected chi connectivity index (χ4v) is 11.0. The summed E-state index contributed by atoms with van der Waals surface area (Å²) in [5.41, 5.74) is 20.7. The van der Waals surface area contributed by atoms with Crippen LogP contribution in [0.15, 0.2) is 249 Å². The van der Waals surface area contributed by atoms with Crippen molar-refractivity contribution in [3.05, 3.63) is 271 Å². The largest absolute Gasteiger partial charge is 0.310 e. The highest BCUT2D eigenvalue weighted by molar-refractivity contribution is 5.98. The maximum Gasteiger partial charge on any atom is 0.0726 e. The summed E-state index contributed by atoms with van der Waals surface area (Å²) in [5.74, 6) is 0. The number of hydrogen-bond donors (Lipinski definition) is 0. The molecular formula is C63H41N. The van der Waals surface area contributed by atoms with Gasteiger partial charge in [-0.25, -0.2) is 0 Å². The zero-order valence-corrected chi connectivity index (χ0v) is 35.1. The van der Waals surface area contributed by atoms with Gasteiger partial charge in [0, 0.05) is 17.1 Å². The molecule has 0 N–H and O–H groups in total. The van der Waals surface area contributed by atoms with Gasteiger partial charge >= 0.3 is 0 Å². The van der Waals surface area contributed by atoms with Crippen LogP contribution in [0, 0.1) is 0 Å². The molecule has 13 rings (SSSR count). The molecule has 0 aliphatic heterocycles. The zero-order chi connectivity index (χ0) is 42.2. The molecule has 1 heteroatoms. The highest BCUT2D eigenvalue weighted by Crippen LogP contribution is 2.63. The quantitative estimate of drug-likeness (QED) is 0.162. The Balaban J connectivity index is 0.959. The molecule has 0 saturated heterocycles. The molecule has 0 saturated carbocycles. The first-order chi connectivity index (χ1) is 31.7. The van der Waals surface area contributed by atoms with E-state index in [4.69, 9.17) is 0 Å². The molecule has 11 aromatic carbocycles. The molecule has 0 radical (unpaired) electrons. The average Bonchev–Trinajstić information content (AvgIpc) is 3.84. The highest BCUT2D eigenvalue weighted by atomic mass is 15.1. The van der Waals surface area contributed by atoms with Crippen LogP contribution in [0.25, 0.3) is 77.2 Å². The smallest absolute Gasteiger partial charge is 0.0726 e. The van der Waals surface area contributed by atoms with Crippen LogP contribution >= 0.6 is 0 Å². The van der Waals surface area contributed by atoms with Crippen molar-refractivity contribution < 1.29 is 0 Å². The first kappa shape index (κ1) is 36.4. The summed E-state index contributed by atoms with van der Waals surface area (Å²) >= 11 is 0. The average molecular weight is 812 g/mol. The van der Waals surface area contributed by atoms with E-state index in [9.17, 15) is 0 Å². The molecule has 0 heterocycles. The maximum absolute atomic E-state index is 2.48. The Hall–Kier alpha value is -8.26. The number of fused-ring (bicyclic) bond motifs is 12. The lowest BCUT2D eigenvalue weighted by molar-refractivity contribution is 0.793. The number of hydrogen-bond acceptors (Lipinski definition) is 1. The molecule has 2 aliphatic rings. The summed E-state index contributed by atoms with van der Waals surface area (Å²) in [5, 5.41) is 5.02. The Labute approximate surface area is 373 Å². The number of benzene rings is 11. The van der Waals surface area contributed by atoms with E-state index in [2.05, 4.69) is 254 Å². The number of rotatable bonds is 6. The molecule has 1 spiro atoms. The second kappa shape index (κ2) is 14.4. The van der Waals surface area contributed by atoms with Crippen LogP contribution in [0.2, 0.25) is 0 Å². The van der Waals surface area contributed by atoms with Gasteiger partial charge in [0.2, 0.25) is 0 Å². The van der Waals surface area contributed by atoms with Crippen molar-refractivity contribution in [1.82, 2.24) is 0 Å². The molecule has 0 aromatic heterocycles. The lowest BCUT2D eigenvalue weighted by Gasteiger charge is -2.32. The predicted octanol–water partition coefficient (Wildman–Crippen LogP) is 16.8. The molecule has 1 nitrogen and oxygen atoms in total. The van der Waals surface area contributed by atoms with Crippen molar-refractivity contribution in [1.29, 1.82) is 0 Å². The van der Waals surface area contributed by atoms with Crippen molar-refractivity contribution in [2.45, 2.75) is 5.41 Å². The standard InChI is InChI=1S/C63H41N/c1-2-15-46-40-49(28-27-42(46)13-1)48-18-11-17-47(39-48)43-29-33-50(34-30-43)64(51-35-31-45(32-36-51)54-23-12-16-44-14-3-4-19-53(44)54)52-37-38-58-57-22-7-10-26-61(57)63(62(58)41-52)59-24-8-5-20-55(59)56-21-6-9-25-60(56)63/h1-41H. The van der Waals surface area contributed by atoms with Gasteiger partial charge in [-0.05, 0) is 148 Å². The normalized spacial score (nSPS) is 12.8. The lowest BCUT2D eigenvalue weighted by atomic mass is 9.70. The molecule has 298 valence electrons.